The van der Waals surface area contributed by atoms with E-state index in [0.29, 0.717) is 13.2 Å². The summed E-state index contributed by atoms with van der Waals surface area (Å²) in [5.74, 6) is 0. The third-order valence-corrected chi connectivity index (χ3v) is 2.79. The Morgan fingerprint density at radius 2 is 1.94 bits per heavy atom. The van der Waals surface area contributed by atoms with Crippen LogP contribution in [0.2, 0.25) is 0 Å². The monoisotopic (exact) mass is 244 g/mol. The maximum Gasteiger partial charge on any atom is 0.408 e. The fourth-order valence-electron chi connectivity index (χ4n) is 2.11. The van der Waals surface area contributed by atoms with Crippen LogP contribution < -0.4 is 11.1 Å². The number of amides is 1. The normalized spacial score (nSPS) is 36.7. The summed E-state index contributed by atoms with van der Waals surface area (Å²) < 4.78 is 16.2. The van der Waals surface area contributed by atoms with Crippen molar-refractivity contribution in [3.05, 3.63) is 0 Å². The van der Waals surface area contributed by atoms with E-state index in [1.54, 1.807) is 0 Å². The molecule has 1 amide bonds. The summed E-state index contributed by atoms with van der Waals surface area (Å²) in [6, 6.07) is -0.283. The first kappa shape index (κ1) is 12.6. The van der Waals surface area contributed by atoms with Gasteiger partial charge in [-0.2, -0.15) is 0 Å². The molecular weight excluding hydrogens is 224 g/mol. The van der Waals surface area contributed by atoms with Crippen LogP contribution in [0.15, 0.2) is 0 Å². The fraction of sp³-hybridized carbons (Fsp3) is 0.909. The molecule has 2 aliphatic heterocycles. The van der Waals surface area contributed by atoms with Crippen LogP contribution in [0.5, 0.6) is 0 Å². The van der Waals surface area contributed by atoms with Gasteiger partial charge in [-0.25, -0.2) is 4.79 Å². The third-order valence-electron chi connectivity index (χ3n) is 2.79. The van der Waals surface area contributed by atoms with Gasteiger partial charge in [-0.15, -0.1) is 0 Å². The van der Waals surface area contributed by atoms with E-state index >= 15 is 0 Å². The van der Waals surface area contributed by atoms with E-state index in [9.17, 15) is 4.79 Å². The molecule has 6 nitrogen and oxygen atoms in total. The Bertz CT molecular complexity index is 302. The first-order chi connectivity index (χ1) is 7.87. The Balaban J connectivity index is 1.86. The van der Waals surface area contributed by atoms with Crippen molar-refractivity contribution >= 4 is 6.09 Å². The smallest absolute Gasteiger partial charge is 0.408 e. The van der Waals surface area contributed by atoms with Crippen molar-refractivity contribution < 1.29 is 19.0 Å². The molecule has 2 saturated heterocycles. The molecule has 0 aromatic heterocycles. The van der Waals surface area contributed by atoms with Crippen LogP contribution in [0.4, 0.5) is 4.79 Å². The highest BCUT2D eigenvalue weighted by atomic mass is 16.6. The zero-order valence-electron chi connectivity index (χ0n) is 10.4. The average molecular weight is 244 g/mol. The minimum Gasteiger partial charge on any atom is -0.444 e. The number of nitrogens with one attached hydrogen (secondary N) is 1. The fourth-order valence-corrected chi connectivity index (χ4v) is 2.11. The van der Waals surface area contributed by atoms with Gasteiger partial charge in [0.2, 0.25) is 0 Å². The van der Waals surface area contributed by atoms with Crippen molar-refractivity contribution in [3.63, 3.8) is 0 Å². The second kappa shape index (κ2) is 4.44. The molecule has 0 bridgehead atoms. The van der Waals surface area contributed by atoms with Crippen molar-refractivity contribution in [3.8, 4) is 0 Å². The summed E-state index contributed by atoms with van der Waals surface area (Å²) in [5.41, 5.74) is 5.32. The minimum atomic E-state index is -0.504. The quantitative estimate of drug-likeness (QED) is 0.678. The van der Waals surface area contributed by atoms with E-state index in [0.717, 1.165) is 0 Å². The Morgan fingerprint density at radius 1 is 1.29 bits per heavy atom. The minimum absolute atomic E-state index is 0.106. The number of carbonyl (C=O) groups is 1. The van der Waals surface area contributed by atoms with Crippen molar-refractivity contribution in [2.75, 3.05) is 13.2 Å². The van der Waals surface area contributed by atoms with Crippen LogP contribution in [-0.2, 0) is 14.2 Å². The van der Waals surface area contributed by atoms with Crippen LogP contribution in [-0.4, -0.2) is 49.2 Å². The van der Waals surface area contributed by atoms with E-state index < -0.39 is 11.7 Å². The number of hydrogen-bond donors (Lipinski definition) is 2. The van der Waals surface area contributed by atoms with Gasteiger partial charge in [0.25, 0.3) is 0 Å². The maximum absolute atomic E-state index is 11.6. The van der Waals surface area contributed by atoms with Gasteiger partial charge in [0.05, 0.1) is 25.3 Å². The molecule has 4 atom stereocenters. The Labute approximate surface area is 101 Å². The van der Waals surface area contributed by atoms with Gasteiger partial charge in [-0.3, -0.25) is 0 Å². The standard InChI is InChI=1S/C11H20N2O4/c1-11(2,3)17-10(14)13-7-5-16-8-6(12)4-15-9(7)8/h6-9H,4-5,12H2,1-3H3,(H,13,14)/t6-,7+,8-,9+/m0/s1. The highest BCUT2D eigenvalue weighted by molar-refractivity contribution is 5.68. The second-order valence-electron chi connectivity index (χ2n) is 5.51. The number of alkyl carbamates (subject to hydrolysis) is 1. The molecular formula is C11H20N2O4. The number of fused-ring (bicyclic) bond motifs is 1. The molecule has 0 aliphatic carbocycles. The zero-order valence-corrected chi connectivity index (χ0v) is 10.4. The van der Waals surface area contributed by atoms with E-state index in [4.69, 9.17) is 19.9 Å². The van der Waals surface area contributed by atoms with E-state index in [-0.39, 0.29) is 24.3 Å². The summed E-state index contributed by atoms with van der Waals surface area (Å²) in [6.45, 7) is 6.36. The van der Waals surface area contributed by atoms with E-state index in [1.165, 1.54) is 0 Å². The molecule has 17 heavy (non-hydrogen) atoms. The molecule has 3 N–H and O–H groups in total. The largest absolute Gasteiger partial charge is 0.444 e. The number of carbonyl (C=O) groups excluding carboxylic acids is 1. The van der Waals surface area contributed by atoms with Gasteiger partial charge in [-0.1, -0.05) is 0 Å². The number of hydrogen-bond acceptors (Lipinski definition) is 5. The lowest BCUT2D eigenvalue weighted by molar-refractivity contribution is 0.0406. The van der Waals surface area contributed by atoms with E-state index in [1.807, 2.05) is 20.8 Å². The molecule has 0 saturated carbocycles. The van der Waals surface area contributed by atoms with Gasteiger partial charge >= 0.3 is 6.09 Å². The predicted molar refractivity (Wildman–Crippen MR) is 60.6 cm³/mol. The summed E-state index contributed by atoms with van der Waals surface area (Å²) in [7, 11) is 0. The van der Waals surface area contributed by atoms with Gasteiger partial charge in [0.15, 0.2) is 0 Å². The highest BCUT2D eigenvalue weighted by Gasteiger charge is 2.47. The van der Waals surface area contributed by atoms with Crippen molar-refractivity contribution in [2.24, 2.45) is 5.73 Å². The Kier molecular flexibility index (Phi) is 3.29. The van der Waals surface area contributed by atoms with Crippen LogP contribution in [0.25, 0.3) is 0 Å². The molecule has 0 radical (unpaired) electrons. The van der Waals surface area contributed by atoms with Gasteiger partial charge in [0, 0.05) is 0 Å². The Hall–Kier alpha value is -0.850. The van der Waals surface area contributed by atoms with Crippen LogP contribution in [0.1, 0.15) is 20.8 Å². The molecule has 0 aromatic carbocycles. The predicted octanol–water partition coefficient (Wildman–Crippen LogP) is 0.00460. The summed E-state index contributed by atoms with van der Waals surface area (Å²) >= 11 is 0. The third kappa shape index (κ3) is 2.88. The lowest BCUT2D eigenvalue weighted by Crippen LogP contribution is -2.46. The van der Waals surface area contributed by atoms with Crippen molar-refractivity contribution in [1.82, 2.24) is 5.32 Å². The molecule has 2 rings (SSSR count). The van der Waals surface area contributed by atoms with Gasteiger partial charge in [-0.05, 0) is 20.8 Å². The van der Waals surface area contributed by atoms with Crippen LogP contribution in [0, 0.1) is 0 Å². The highest BCUT2D eigenvalue weighted by Crippen LogP contribution is 2.26. The topological polar surface area (TPSA) is 82.8 Å². The molecule has 0 unspecified atom stereocenters. The summed E-state index contributed by atoms with van der Waals surface area (Å²) in [5, 5.41) is 2.76. The molecule has 0 aromatic rings. The zero-order chi connectivity index (χ0) is 12.6. The Morgan fingerprint density at radius 3 is 2.59 bits per heavy atom. The molecule has 2 aliphatic rings. The number of ether oxygens (including phenoxy) is 3. The van der Waals surface area contributed by atoms with Crippen molar-refractivity contribution in [1.29, 1.82) is 0 Å². The summed E-state index contributed by atoms with van der Waals surface area (Å²) in [6.07, 6.45) is -0.719. The molecule has 98 valence electrons. The lowest BCUT2D eigenvalue weighted by Gasteiger charge is -2.23. The first-order valence-electron chi connectivity index (χ1n) is 5.85. The maximum atomic E-state index is 11.6. The number of nitrogens with two attached hydrogens (primary N) is 1. The van der Waals surface area contributed by atoms with Gasteiger partial charge < -0.3 is 25.3 Å². The van der Waals surface area contributed by atoms with Crippen LogP contribution in [0.3, 0.4) is 0 Å². The van der Waals surface area contributed by atoms with E-state index in [2.05, 4.69) is 5.32 Å². The van der Waals surface area contributed by atoms with Crippen LogP contribution >= 0.6 is 0 Å². The first-order valence-corrected chi connectivity index (χ1v) is 5.85. The van der Waals surface area contributed by atoms with Crippen molar-refractivity contribution in [2.45, 2.75) is 50.7 Å². The van der Waals surface area contributed by atoms with Gasteiger partial charge in [0.1, 0.15) is 17.8 Å². The lowest BCUT2D eigenvalue weighted by atomic mass is 10.1. The molecule has 0 spiro atoms. The average Bonchev–Trinajstić information content (AvgIpc) is 2.69. The number of rotatable bonds is 1. The second-order valence-corrected chi connectivity index (χ2v) is 5.51. The summed E-state index contributed by atoms with van der Waals surface area (Å²) in [4.78, 5) is 11.6. The molecule has 6 heteroatoms. The molecule has 2 heterocycles. The SMILES string of the molecule is CC(C)(C)OC(=O)N[C@@H]1CO[C@@H]2[C@@H]1OC[C@@H]2N. The molecule has 2 fully saturated rings.